The zero-order valence-corrected chi connectivity index (χ0v) is 10.8. The van der Waals surface area contributed by atoms with Gasteiger partial charge in [0.1, 0.15) is 15.6 Å². The van der Waals surface area contributed by atoms with Crippen LogP contribution in [0.5, 0.6) is 5.75 Å². The lowest BCUT2D eigenvalue weighted by Crippen LogP contribution is -2.08. The van der Waals surface area contributed by atoms with E-state index in [0.29, 0.717) is 13.0 Å². The summed E-state index contributed by atoms with van der Waals surface area (Å²) >= 11 is 3.34. The molecule has 1 rings (SSSR count). The Labute approximate surface area is 98.5 Å². The fourth-order valence-corrected chi connectivity index (χ4v) is 2.11. The van der Waals surface area contributed by atoms with Crippen LogP contribution in [0, 0.1) is 0 Å². The lowest BCUT2D eigenvalue weighted by Gasteiger charge is -2.06. The van der Waals surface area contributed by atoms with Crippen LogP contribution in [0.15, 0.2) is 28.7 Å². The Morgan fingerprint density at radius 2 is 2.00 bits per heavy atom. The van der Waals surface area contributed by atoms with Crippen LogP contribution >= 0.6 is 15.9 Å². The first kappa shape index (κ1) is 12.5. The molecule has 0 spiro atoms. The molecule has 1 aromatic rings. The van der Waals surface area contributed by atoms with Gasteiger partial charge in [-0.3, -0.25) is 0 Å². The Hall–Kier alpha value is -0.550. The highest BCUT2D eigenvalue weighted by Crippen LogP contribution is 2.23. The molecule has 0 atom stereocenters. The first-order valence-corrected chi connectivity index (χ1v) is 7.39. The predicted molar refractivity (Wildman–Crippen MR) is 64.0 cm³/mol. The minimum atomic E-state index is -2.88. The summed E-state index contributed by atoms with van der Waals surface area (Å²) in [4.78, 5) is 0. The SMILES string of the molecule is CS(=O)(=O)CCCOc1ccccc1Br. The number of halogens is 1. The molecule has 0 amide bonds. The molecule has 0 N–H and O–H groups in total. The number of hydrogen-bond donors (Lipinski definition) is 0. The topological polar surface area (TPSA) is 43.4 Å². The number of para-hydroxylation sites is 1. The maximum Gasteiger partial charge on any atom is 0.147 e. The van der Waals surface area contributed by atoms with Gasteiger partial charge in [0.25, 0.3) is 0 Å². The van der Waals surface area contributed by atoms with Crippen LogP contribution < -0.4 is 4.74 Å². The summed E-state index contributed by atoms with van der Waals surface area (Å²) < 4.78 is 28.0. The van der Waals surface area contributed by atoms with Crippen molar-refractivity contribution in [2.24, 2.45) is 0 Å². The van der Waals surface area contributed by atoms with Crippen molar-refractivity contribution in [2.75, 3.05) is 18.6 Å². The van der Waals surface area contributed by atoms with Crippen LogP contribution in [-0.4, -0.2) is 27.0 Å². The number of ether oxygens (including phenoxy) is 1. The molecule has 0 heterocycles. The van der Waals surface area contributed by atoms with Crippen LogP contribution in [0.3, 0.4) is 0 Å². The van der Waals surface area contributed by atoms with E-state index >= 15 is 0 Å². The molecule has 0 unspecified atom stereocenters. The van der Waals surface area contributed by atoms with Crippen molar-refractivity contribution in [1.29, 1.82) is 0 Å². The van der Waals surface area contributed by atoms with Gasteiger partial charge in [0.15, 0.2) is 0 Å². The molecular weight excluding hydrogens is 280 g/mol. The fraction of sp³-hybridized carbons (Fsp3) is 0.400. The standard InChI is InChI=1S/C10H13BrO3S/c1-15(12,13)8-4-7-14-10-6-3-2-5-9(10)11/h2-3,5-6H,4,7-8H2,1H3. The molecule has 5 heteroatoms. The van der Waals surface area contributed by atoms with Gasteiger partial charge in [-0.15, -0.1) is 0 Å². The average molecular weight is 293 g/mol. The monoisotopic (exact) mass is 292 g/mol. The third-order valence-electron chi connectivity index (χ3n) is 1.75. The zero-order valence-electron chi connectivity index (χ0n) is 8.44. The van der Waals surface area contributed by atoms with Gasteiger partial charge in [0, 0.05) is 6.26 Å². The maximum absolute atomic E-state index is 10.8. The molecular formula is C10H13BrO3S. The van der Waals surface area contributed by atoms with E-state index in [9.17, 15) is 8.42 Å². The number of sulfone groups is 1. The highest BCUT2D eigenvalue weighted by molar-refractivity contribution is 9.10. The van der Waals surface area contributed by atoms with Gasteiger partial charge in [-0.05, 0) is 34.5 Å². The van der Waals surface area contributed by atoms with Gasteiger partial charge < -0.3 is 4.74 Å². The number of rotatable bonds is 5. The van der Waals surface area contributed by atoms with Gasteiger partial charge in [-0.2, -0.15) is 0 Å². The molecule has 0 aliphatic rings. The second-order valence-electron chi connectivity index (χ2n) is 3.26. The maximum atomic E-state index is 10.8. The van der Waals surface area contributed by atoms with Crippen molar-refractivity contribution in [1.82, 2.24) is 0 Å². The lowest BCUT2D eigenvalue weighted by molar-refractivity contribution is 0.316. The van der Waals surface area contributed by atoms with Crippen molar-refractivity contribution in [3.63, 3.8) is 0 Å². The zero-order chi connectivity index (χ0) is 11.3. The van der Waals surface area contributed by atoms with E-state index in [0.717, 1.165) is 10.2 Å². The van der Waals surface area contributed by atoms with Gasteiger partial charge in [0.2, 0.25) is 0 Å². The summed E-state index contributed by atoms with van der Waals surface area (Å²) in [5, 5.41) is 0. The molecule has 0 fully saturated rings. The number of benzene rings is 1. The molecule has 3 nitrogen and oxygen atoms in total. The van der Waals surface area contributed by atoms with Crippen LogP contribution in [0.2, 0.25) is 0 Å². The summed E-state index contributed by atoms with van der Waals surface area (Å²) in [5.41, 5.74) is 0. The molecule has 0 radical (unpaired) electrons. The Morgan fingerprint density at radius 1 is 1.33 bits per heavy atom. The fourth-order valence-electron chi connectivity index (χ4n) is 1.07. The summed E-state index contributed by atoms with van der Waals surface area (Å²) in [6.45, 7) is 0.412. The molecule has 15 heavy (non-hydrogen) atoms. The van der Waals surface area contributed by atoms with Crippen molar-refractivity contribution in [3.8, 4) is 5.75 Å². The average Bonchev–Trinajstić information content (AvgIpc) is 2.13. The third kappa shape index (κ3) is 5.18. The smallest absolute Gasteiger partial charge is 0.147 e. The number of hydrogen-bond acceptors (Lipinski definition) is 3. The van der Waals surface area contributed by atoms with Crippen LogP contribution in [0.4, 0.5) is 0 Å². The van der Waals surface area contributed by atoms with E-state index in [1.807, 2.05) is 24.3 Å². The summed E-state index contributed by atoms with van der Waals surface area (Å²) in [6, 6.07) is 7.49. The van der Waals surface area contributed by atoms with Crippen LogP contribution in [0.1, 0.15) is 6.42 Å². The second kappa shape index (κ2) is 5.51. The van der Waals surface area contributed by atoms with E-state index in [4.69, 9.17) is 4.74 Å². The minimum absolute atomic E-state index is 0.164. The Balaban J connectivity index is 2.36. The van der Waals surface area contributed by atoms with E-state index < -0.39 is 9.84 Å². The first-order chi connectivity index (χ1) is 6.99. The van der Waals surface area contributed by atoms with Crippen LogP contribution in [-0.2, 0) is 9.84 Å². The quantitative estimate of drug-likeness (QED) is 0.782. The first-order valence-electron chi connectivity index (χ1n) is 4.54. The highest BCUT2D eigenvalue weighted by atomic mass is 79.9. The third-order valence-corrected chi connectivity index (χ3v) is 3.44. The Morgan fingerprint density at radius 3 is 2.60 bits per heavy atom. The van der Waals surface area contributed by atoms with Crippen molar-refractivity contribution >= 4 is 25.8 Å². The minimum Gasteiger partial charge on any atom is -0.492 e. The summed E-state index contributed by atoms with van der Waals surface area (Å²) in [6.07, 6.45) is 1.74. The van der Waals surface area contributed by atoms with E-state index in [2.05, 4.69) is 15.9 Å². The van der Waals surface area contributed by atoms with E-state index in [-0.39, 0.29) is 5.75 Å². The highest BCUT2D eigenvalue weighted by Gasteiger charge is 2.03. The largest absolute Gasteiger partial charge is 0.492 e. The van der Waals surface area contributed by atoms with Gasteiger partial charge in [-0.25, -0.2) is 8.42 Å². The summed E-state index contributed by atoms with van der Waals surface area (Å²) in [5.74, 6) is 0.906. The summed E-state index contributed by atoms with van der Waals surface area (Å²) in [7, 11) is -2.88. The predicted octanol–water partition coefficient (Wildman–Crippen LogP) is 2.26. The van der Waals surface area contributed by atoms with Crippen LogP contribution in [0.25, 0.3) is 0 Å². The molecule has 0 aliphatic heterocycles. The van der Waals surface area contributed by atoms with Crippen molar-refractivity contribution in [2.45, 2.75) is 6.42 Å². The molecule has 0 saturated heterocycles. The Bertz CT molecular complexity index is 414. The molecule has 0 saturated carbocycles. The van der Waals surface area contributed by atoms with Crippen molar-refractivity contribution in [3.05, 3.63) is 28.7 Å². The van der Waals surface area contributed by atoms with Crippen molar-refractivity contribution < 1.29 is 13.2 Å². The van der Waals surface area contributed by atoms with Gasteiger partial charge in [0.05, 0.1) is 16.8 Å². The molecule has 1 aromatic carbocycles. The van der Waals surface area contributed by atoms with E-state index in [1.165, 1.54) is 6.26 Å². The van der Waals surface area contributed by atoms with Gasteiger partial charge >= 0.3 is 0 Å². The second-order valence-corrected chi connectivity index (χ2v) is 6.38. The lowest BCUT2D eigenvalue weighted by atomic mass is 10.3. The van der Waals surface area contributed by atoms with E-state index in [1.54, 1.807) is 0 Å². The normalized spacial score (nSPS) is 11.3. The van der Waals surface area contributed by atoms with Gasteiger partial charge in [-0.1, -0.05) is 12.1 Å². The Kier molecular flexibility index (Phi) is 4.60. The molecule has 0 aliphatic carbocycles. The molecule has 84 valence electrons. The molecule has 0 aromatic heterocycles. The molecule has 0 bridgehead atoms.